The summed E-state index contributed by atoms with van der Waals surface area (Å²) in [5.41, 5.74) is 7.30. The lowest BCUT2D eigenvalue weighted by molar-refractivity contribution is -0.138. The van der Waals surface area contributed by atoms with E-state index in [0.717, 1.165) is 50.4 Å². The second-order valence-electron chi connectivity index (χ2n) is 6.85. The molecule has 4 rings (SSSR count). The number of anilines is 1. The molecule has 2 amide bonds. The van der Waals surface area contributed by atoms with Gasteiger partial charge in [-0.05, 0) is 18.9 Å². The highest BCUT2D eigenvalue weighted by atomic mass is 16.2. The zero-order chi connectivity index (χ0) is 18.1. The maximum Gasteiger partial charge on any atom is 0.241 e. The maximum atomic E-state index is 12.4. The van der Waals surface area contributed by atoms with Crippen molar-refractivity contribution in [2.75, 3.05) is 31.1 Å². The van der Waals surface area contributed by atoms with E-state index in [2.05, 4.69) is 14.9 Å². The summed E-state index contributed by atoms with van der Waals surface area (Å²) in [5.74, 6) is 0.830. The van der Waals surface area contributed by atoms with Crippen molar-refractivity contribution in [1.29, 1.82) is 0 Å². The highest BCUT2D eigenvalue weighted by molar-refractivity contribution is 5.93. The zero-order valence-corrected chi connectivity index (χ0v) is 14.5. The molecule has 0 radical (unpaired) electrons. The minimum Gasteiger partial charge on any atom is -0.366 e. The molecule has 1 aliphatic carbocycles. The lowest BCUT2D eigenvalue weighted by Gasteiger charge is -2.38. The number of nitrogens with zero attached hydrogens (tertiary/aromatic N) is 4. The lowest BCUT2D eigenvalue weighted by Crippen LogP contribution is -2.51. The average molecular weight is 354 g/mol. The third kappa shape index (κ3) is 3.14. The molecule has 2 aromatic heterocycles. The molecule has 0 unspecified atom stereocenters. The van der Waals surface area contributed by atoms with E-state index in [1.54, 1.807) is 18.5 Å². The highest BCUT2D eigenvalue weighted by Gasteiger charge is 2.31. The molecule has 0 aromatic carbocycles. The number of aromatic amines is 1. The van der Waals surface area contributed by atoms with E-state index in [4.69, 9.17) is 10.7 Å². The van der Waals surface area contributed by atoms with E-state index in [0.29, 0.717) is 17.1 Å². The molecule has 2 aliphatic rings. The van der Waals surface area contributed by atoms with E-state index in [1.807, 2.05) is 4.90 Å². The smallest absolute Gasteiger partial charge is 0.241 e. The number of hydrogen-bond donors (Lipinski definition) is 2. The van der Waals surface area contributed by atoms with E-state index < -0.39 is 5.91 Å². The Balaban J connectivity index is 1.48. The maximum absolute atomic E-state index is 12.4. The quantitative estimate of drug-likeness (QED) is 0.793. The molecular formula is C18H22N6O2. The van der Waals surface area contributed by atoms with Crippen molar-refractivity contribution < 1.29 is 9.59 Å². The first-order valence-electron chi connectivity index (χ1n) is 8.97. The van der Waals surface area contributed by atoms with Gasteiger partial charge in [0, 0.05) is 49.9 Å². The van der Waals surface area contributed by atoms with Crippen LogP contribution in [0.15, 0.2) is 18.5 Å². The van der Waals surface area contributed by atoms with Crippen molar-refractivity contribution in [1.82, 2.24) is 19.9 Å². The van der Waals surface area contributed by atoms with Gasteiger partial charge in [0.1, 0.15) is 11.3 Å². The first-order valence-corrected chi connectivity index (χ1v) is 8.97. The molecule has 0 atom stereocenters. The van der Waals surface area contributed by atoms with E-state index in [1.165, 1.54) is 12.5 Å². The predicted octanol–water partition coefficient (Wildman–Crippen LogP) is 0.905. The van der Waals surface area contributed by atoms with Crippen LogP contribution in [0.4, 0.5) is 5.82 Å². The normalized spacial score (nSPS) is 18.5. The number of amides is 2. The van der Waals surface area contributed by atoms with E-state index >= 15 is 0 Å². The van der Waals surface area contributed by atoms with Gasteiger partial charge in [0.2, 0.25) is 11.8 Å². The van der Waals surface area contributed by atoms with Crippen LogP contribution in [-0.4, -0.2) is 57.8 Å². The van der Waals surface area contributed by atoms with Crippen molar-refractivity contribution in [2.45, 2.75) is 19.3 Å². The standard InChI is InChI=1S/C18H22N6O2/c19-14(25)5-4-13-10-20-17-16(13)22-15(11-21-17)23-6-8-24(9-7-23)18(26)12-2-1-3-12/h4-5,10-12H,1-3,6-9H2,(H2,19,25)(H,20,21)/b5-4+. The summed E-state index contributed by atoms with van der Waals surface area (Å²) in [4.78, 5) is 39.6. The number of fused-ring (bicyclic) bond motifs is 1. The number of primary amides is 1. The Morgan fingerprint density at radius 3 is 2.65 bits per heavy atom. The monoisotopic (exact) mass is 354 g/mol. The fourth-order valence-corrected chi connectivity index (χ4v) is 3.42. The minimum atomic E-state index is -0.504. The van der Waals surface area contributed by atoms with Crippen LogP contribution in [0.25, 0.3) is 17.2 Å². The number of aromatic nitrogens is 3. The number of nitrogens with two attached hydrogens (primary N) is 1. The van der Waals surface area contributed by atoms with Crippen LogP contribution in [0.2, 0.25) is 0 Å². The van der Waals surface area contributed by atoms with Gasteiger partial charge < -0.3 is 20.5 Å². The van der Waals surface area contributed by atoms with Crippen LogP contribution >= 0.6 is 0 Å². The van der Waals surface area contributed by atoms with Crippen LogP contribution in [-0.2, 0) is 9.59 Å². The molecule has 8 nitrogen and oxygen atoms in total. The molecule has 0 bridgehead atoms. The molecular weight excluding hydrogens is 332 g/mol. The first kappa shape index (κ1) is 16.6. The van der Waals surface area contributed by atoms with Crippen molar-refractivity contribution in [2.24, 2.45) is 11.7 Å². The Bertz CT molecular complexity index is 862. The van der Waals surface area contributed by atoms with Gasteiger partial charge >= 0.3 is 0 Å². The van der Waals surface area contributed by atoms with Crippen LogP contribution < -0.4 is 10.6 Å². The van der Waals surface area contributed by atoms with Gasteiger partial charge in [-0.25, -0.2) is 9.97 Å². The van der Waals surface area contributed by atoms with Gasteiger partial charge in [-0.3, -0.25) is 9.59 Å². The molecule has 136 valence electrons. The molecule has 1 saturated carbocycles. The van der Waals surface area contributed by atoms with Crippen LogP contribution in [0.1, 0.15) is 24.8 Å². The molecule has 2 fully saturated rings. The summed E-state index contributed by atoms with van der Waals surface area (Å²) >= 11 is 0. The van der Waals surface area contributed by atoms with Gasteiger partial charge in [0.05, 0.1) is 6.20 Å². The van der Waals surface area contributed by atoms with Crippen LogP contribution in [0, 0.1) is 5.92 Å². The predicted molar refractivity (Wildman–Crippen MR) is 98.3 cm³/mol. The second-order valence-corrected chi connectivity index (χ2v) is 6.85. The number of piperazine rings is 1. The summed E-state index contributed by atoms with van der Waals surface area (Å²) in [6, 6.07) is 0. The number of carbonyl (C=O) groups is 2. The van der Waals surface area contributed by atoms with Gasteiger partial charge in [-0.2, -0.15) is 0 Å². The van der Waals surface area contributed by atoms with Gasteiger partial charge in [0.25, 0.3) is 0 Å². The van der Waals surface area contributed by atoms with Crippen molar-refractivity contribution in [3.05, 3.63) is 24.0 Å². The fraction of sp³-hybridized carbons (Fsp3) is 0.444. The Morgan fingerprint density at radius 2 is 2.00 bits per heavy atom. The molecule has 8 heteroatoms. The minimum absolute atomic E-state index is 0.247. The zero-order valence-electron chi connectivity index (χ0n) is 14.5. The third-order valence-electron chi connectivity index (χ3n) is 5.19. The largest absolute Gasteiger partial charge is 0.366 e. The van der Waals surface area contributed by atoms with Gasteiger partial charge in [0.15, 0.2) is 5.65 Å². The SMILES string of the molecule is NC(=O)/C=C/c1c[nH]c2ncc(N3CCN(C(=O)C4CCC4)CC3)nc12. The van der Waals surface area contributed by atoms with E-state index in [-0.39, 0.29) is 5.92 Å². The molecule has 3 heterocycles. The van der Waals surface area contributed by atoms with E-state index in [9.17, 15) is 9.59 Å². The molecule has 26 heavy (non-hydrogen) atoms. The molecule has 1 aliphatic heterocycles. The number of H-pyrrole nitrogens is 1. The average Bonchev–Trinajstić information content (AvgIpc) is 3.01. The molecule has 0 spiro atoms. The summed E-state index contributed by atoms with van der Waals surface area (Å²) in [5, 5.41) is 0. The molecule has 1 saturated heterocycles. The molecule has 2 aromatic rings. The number of nitrogens with one attached hydrogen (secondary N) is 1. The van der Waals surface area contributed by atoms with Crippen LogP contribution in [0.3, 0.4) is 0 Å². The fourth-order valence-electron chi connectivity index (χ4n) is 3.42. The molecule has 3 N–H and O–H groups in total. The van der Waals surface area contributed by atoms with Crippen molar-refractivity contribution in [3.8, 4) is 0 Å². The lowest BCUT2D eigenvalue weighted by atomic mass is 9.84. The Hall–Kier alpha value is -2.90. The summed E-state index contributed by atoms with van der Waals surface area (Å²) < 4.78 is 0. The van der Waals surface area contributed by atoms with Crippen LogP contribution in [0.5, 0.6) is 0 Å². The Kier molecular flexibility index (Phi) is 4.32. The summed E-state index contributed by atoms with van der Waals surface area (Å²) in [6.45, 7) is 2.93. The number of rotatable bonds is 4. The van der Waals surface area contributed by atoms with Crippen molar-refractivity contribution in [3.63, 3.8) is 0 Å². The topological polar surface area (TPSA) is 108 Å². The van der Waals surface area contributed by atoms with Gasteiger partial charge in [-0.15, -0.1) is 0 Å². The summed E-state index contributed by atoms with van der Waals surface area (Å²) in [6.07, 6.45) is 9.69. The number of hydrogen-bond acceptors (Lipinski definition) is 5. The third-order valence-corrected chi connectivity index (χ3v) is 5.19. The number of carbonyl (C=O) groups excluding carboxylic acids is 2. The van der Waals surface area contributed by atoms with Gasteiger partial charge in [-0.1, -0.05) is 6.42 Å². The Morgan fingerprint density at radius 1 is 1.23 bits per heavy atom. The first-order chi connectivity index (χ1) is 12.6. The highest BCUT2D eigenvalue weighted by Crippen LogP contribution is 2.29. The summed E-state index contributed by atoms with van der Waals surface area (Å²) in [7, 11) is 0. The second kappa shape index (κ2) is 6.78. The van der Waals surface area contributed by atoms with Crippen molar-refractivity contribution >= 4 is 34.9 Å². The Labute approximate surface area is 151 Å².